The Kier molecular flexibility index (Phi) is 7.72. The summed E-state index contributed by atoms with van der Waals surface area (Å²) in [4.78, 5) is 35.3. The second kappa shape index (κ2) is 10.9. The first-order valence-corrected chi connectivity index (χ1v) is 12.6. The zero-order valence-corrected chi connectivity index (χ0v) is 19.5. The number of ketones is 1. The number of hydrogen-bond acceptors (Lipinski definition) is 8. The number of aryl methyl sites for hydroxylation is 1. The number of amides is 1. The van der Waals surface area contributed by atoms with E-state index in [1.807, 2.05) is 17.8 Å². The number of Topliss-reactive ketones (excluding diaryl/α,β-unsaturated/α-hetero) is 1. The molecule has 4 heterocycles. The molecule has 1 aliphatic heterocycles. The maximum Gasteiger partial charge on any atom is 0.259 e. The highest BCUT2D eigenvalue weighted by molar-refractivity contribution is 7.99. The molecule has 0 radical (unpaired) electrons. The molecule has 1 saturated heterocycles. The topological polar surface area (TPSA) is 94.3 Å². The van der Waals surface area contributed by atoms with Gasteiger partial charge in [0.1, 0.15) is 10.6 Å². The first kappa shape index (κ1) is 22.7. The summed E-state index contributed by atoms with van der Waals surface area (Å²) >= 11 is 3.04. The van der Waals surface area contributed by atoms with Gasteiger partial charge in [-0.2, -0.15) is 11.8 Å². The monoisotopic (exact) mass is 471 g/mol. The summed E-state index contributed by atoms with van der Waals surface area (Å²) in [6, 6.07) is 7.16. The van der Waals surface area contributed by atoms with Crippen molar-refractivity contribution < 1.29 is 18.7 Å². The molecule has 3 aromatic rings. The minimum absolute atomic E-state index is 0.0219. The van der Waals surface area contributed by atoms with Crippen molar-refractivity contribution in [2.45, 2.75) is 26.2 Å². The molecule has 0 spiro atoms. The average molecular weight is 472 g/mol. The predicted octanol–water partition coefficient (Wildman–Crippen LogP) is 4.96. The molecule has 0 aromatic carbocycles. The number of hydrogen-bond donors (Lipinski definition) is 1. The third kappa shape index (κ3) is 5.46. The van der Waals surface area contributed by atoms with Crippen LogP contribution in [-0.2, 0) is 11.2 Å². The summed E-state index contributed by atoms with van der Waals surface area (Å²) in [6.45, 7) is 3.29. The van der Waals surface area contributed by atoms with Gasteiger partial charge in [-0.1, -0.05) is 18.3 Å². The van der Waals surface area contributed by atoms with Crippen LogP contribution < -0.4 is 5.32 Å². The van der Waals surface area contributed by atoms with Gasteiger partial charge in [0.2, 0.25) is 0 Å². The van der Waals surface area contributed by atoms with E-state index in [2.05, 4.69) is 22.2 Å². The van der Waals surface area contributed by atoms with Gasteiger partial charge >= 0.3 is 0 Å². The molecule has 168 valence electrons. The Morgan fingerprint density at radius 1 is 1.25 bits per heavy atom. The Bertz CT molecular complexity index is 1040. The van der Waals surface area contributed by atoms with Crippen LogP contribution in [0.25, 0.3) is 11.5 Å². The van der Waals surface area contributed by atoms with Gasteiger partial charge < -0.3 is 9.15 Å². The van der Waals surface area contributed by atoms with Crippen molar-refractivity contribution >= 4 is 39.9 Å². The average Bonchev–Trinajstić information content (AvgIpc) is 3.50. The minimum Gasteiger partial charge on any atom is -0.463 e. The fraction of sp³-hybridized carbons (Fsp3) is 0.391. The maximum absolute atomic E-state index is 13.2. The van der Waals surface area contributed by atoms with Crippen LogP contribution >= 0.6 is 23.1 Å². The maximum atomic E-state index is 13.2. The Labute approximate surface area is 195 Å². The molecular formula is C23H25N3O4S2. The van der Waals surface area contributed by atoms with Crippen LogP contribution in [0.1, 0.15) is 45.5 Å². The molecule has 1 aliphatic rings. The van der Waals surface area contributed by atoms with Crippen LogP contribution in [-0.4, -0.2) is 46.4 Å². The van der Waals surface area contributed by atoms with Crippen LogP contribution in [0.3, 0.4) is 0 Å². The van der Waals surface area contributed by atoms with E-state index in [0.29, 0.717) is 53.1 Å². The molecule has 1 fully saturated rings. The number of carbonyl (C=O) groups excluding carboxylic acids is 2. The molecule has 32 heavy (non-hydrogen) atoms. The summed E-state index contributed by atoms with van der Waals surface area (Å²) in [6.07, 6.45) is 5.37. The lowest BCUT2D eigenvalue weighted by Crippen LogP contribution is -2.23. The molecule has 7 nitrogen and oxygen atoms in total. The van der Waals surface area contributed by atoms with Gasteiger partial charge in [-0.15, -0.1) is 0 Å². The van der Waals surface area contributed by atoms with Gasteiger partial charge in [-0.05, 0) is 55.0 Å². The van der Waals surface area contributed by atoms with Crippen LogP contribution in [0, 0.1) is 5.92 Å². The van der Waals surface area contributed by atoms with Gasteiger partial charge in [-0.25, -0.2) is 4.98 Å². The number of thioether (sulfide) groups is 1. The number of anilines is 1. The van der Waals surface area contributed by atoms with E-state index in [0.717, 1.165) is 23.6 Å². The number of furan rings is 1. The van der Waals surface area contributed by atoms with Crippen molar-refractivity contribution in [1.29, 1.82) is 0 Å². The second-order valence-corrected chi connectivity index (χ2v) is 9.76. The molecule has 1 N–H and O–H groups in total. The van der Waals surface area contributed by atoms with Gasteiger partial charge in [-0.3, -0.25) is 19.9 Å². The SMILES string of the molecule is CCSCCc1ccc(C(=O)Nc2nc(-c3ccco3)c(C(=O)C3CCOCC3)s2)cn1. The number of pyridine rings is 1. The zero-order valence-electron chi connectivity index (χ0n) is 17.8. The standard InChI is InChI=1S/C23H25N3O4S2/c1-2-31-13-9-17-6-5-16(14-24-17)22(28)26-23-25-19(18-4-3-10-30-18)21(32-23)20(27)15-7-11-29-12-8-15/h3-6,10,14-15H,2,7-9,11-13H2,1H3,(H,25,26,28). The Balaban J connectivity index is 1.51. The van der Waals surface area contributed by atoms with E-state index in [9.17, 15) is 9.59 Å². The molecule has 3 aromatic heterocycles. The van der Waals surface area contributed by atoms with Gasteiger partial charge in [0.25, 0.3) is 5.91 Å². The molecule has 0 atom stereocenters. The summed E-state index contributed by atoms with van der Waals surface area (Å²) < 4.78 is 10.9. The van der Waals surface area contributed by atoms with E-state index >= 15 is 0 Å². The van der Waals surface area contributed by atoms with Gasteiger partial charge in [0.15, 0.2) is 16.7 Å². The fourth-order valence-electron chi connectivity index (χ4n) is 3.46. The third-order valence-electron chi connectivity index (χ3n) is 5.21. The quantitative estimate of drug-likeness (QED) is 0.348. The molecule has 0 unspecified atom stereocenters. The van der Waals surface area contributed by atoms with Crippen molar-refractivity contribution in [3.05, 3.63) is 52.9 Å². The Hall–Kier alpha value is -2.49. The lowest BCUT2D eigenvalue weighted by Gasteiger charge is -2.20. The summed E-state index contributed by atoms with van der Waals surface area (Å²) in [5.41, 5.74) is 1.87. The number of carbonyl (C=O) groups is 2. The number of thiazole rings is 1. The fourth-order valence-corrected chi connectivity index (χ4v) is 5.09. The molecule has 0 bridgehead atoms. The minimum atomic E-state index is -0.309. The van der Waals surface area contributed by atoms with E-state index in [4.69, 9.17) is 9.15 Å². The van der Waals surface area contributed by atoms with E-state index in [1.54, 1.807) is 30.7 Å². The lowest BCUT2D eigenvalue weighted by atomic mass is 9.94. The molecule has 0 saturated carbocycles. The van der Waals surface area contributed by atoms with E-state index < -0.39 is 0 Å². The van der Waals surface area contributed by atoms with Gasteiger partial charge in [0, 0.05) is 31.0 Å². The number of nitrogens with zero attached hydrogens (tertiary/aromatic N) is 2. The van der Waals surface area contributed by atoms with Crippen LogP contribution in [0.2, 0.25) is 0 Å². The third-order valence-corrected chi connectivity index (χ3v) is 7.10. The number of aromatic nitrogens is 2. The van der Waals surface area contributed by atoms with Crippen molar-refractivity contribution in [1.82, 2.24) is 9.97 Å². The Morgan fingerprint density at radius 3 is 2.78 bits per heavy atom. The molecule has 0 aliphatic carbocycles. The molecular weight excluding hydrogens is 446 g/mol. The largest absolute Gasteiger partial charge is 0.463 e. The van der Waals surface area contributed by atoms with Crippen molar-refractivity contribution in [3.8, 4) is 11.5 Å². The number of nitrogens with one attached hydrogen (secondary N) is 1. The van der Waals surface area contributed by atoms with Crippen LogP contribution in [0.15, 0.2) is 41.1 Å². The summed E-state index contributed by atoms with van der Waals surface area (Å²) in [5.74, 6) is 2.20. The summed E-state index contributed by atoms with van der Waals surface area (Å²) in [5, 5.41) is 3.18. The van der Waals surface area contributed by atoms with Crippen LogP contribution in [0.5, 0.6) is 0 Å². The second-order valence-electron chi connectivity index (χ2n) is 7.36. The molecule has 1 amide bonds. The van der Waals surface area contributed by atoms with Crippen molar-refractivity contribution in [2.24, 2.45) is 5.92 Å². The molecule has 4 rings (SSSR count). The molecule has 9 heteroatoms. The van der Waals surface area contributed by atoms with E-state index in [-0.39, 0.29) is 17.6 Å². The van der Waals surface area contributed by atoms with Crippen LogP contribution in [0.4, 0.5) is 5.13 Å². The number of rotatable bonds is 9. The first-order valence-electron chi connectivity index (χ1n) is 10.7. The Morgan fingerprint density at radius 2 is 2.09 bits per heavy atom. The lowest BCUT2D eigenvalue weighted by molar-refractivity contribution is 0.0547. The van der Waals surface area contributed by atoms with Crippen molar-refractivity contribution in [3.63, 3.8) is 0 Å². The summed E-state index contributed by atoms with van der Waals surface area (Å²) in [7, 11) is 0. The van der Waals surface area contributed by atoms with Crippen molar-refractivity contribution in [2.75, 3.05) is 30.0 Å². The number of ether oxygens (including phenoxy) is 1. The highest BCUT2D eigenvalue weighted by Crippen LogP contribution is 2.35. The smallest absolute Gasteiger partial charge is 0.259 e. The highest BCUT2D eigenvalue weighted by atomic mass is 32.2. The first-order chi connectivity index (χ1) is 15.7. The predicted molar refractivity (Wildman–Crippen MR) is 127 cm³/mol. The normalized spacial score (nSPS) is 14.4. The zero-order chi connectivity index (χ0) is 22.3. The van der Waals surface area contributed by atoms with Gasteiger partial charge in [0.05, 0.1) is 11.8 Å². The highest BCUT2D eigenvalue weighted by Gasteiger charge is 2.29. The van der Waals surface area contributed by atoms with E-state index in [1.165, 1.54) is 11.3 Å².